The van der Waals surface area contributed by atoms with E-state index in [1.54, 1.807) is 0 Å². The Kier molecular flexibility index (Phi) is 8.84. The zero-order valence-electron chi connectivity index (χ0n) is 15.2. The van der Waals surface area contributed by atoms with Gasteiger partial charge in [-0.05, 0) is 57.3 Å². The molecule has 1 fully saturated rings. The van der Waals surface area contributed by atoms with E-state index in [9.17, 15) is 0 Å². The van der Waals surface area contributed by atoms with Crippen LogP contribution in [0.3, 0.4) is 0 Å². The molecule has 3 atom stereocenters. The van der Waals surface area contributed by atoms with Gasteiger partial charge in [0.25, 0.3) is 0 Å². The van der Waals surface area contributed by atoms with Gasteiger partial charge < -0.3 is 15.0 Å². The van der Waals surface area contributed by atoms with Crippen molar-refractivity contribution in [2.45, 2.75) is 79.1 Å². The SMILES string of the molecule is CCN(CC)CCCNC1C[C@@H](C(C)C)O[C@@H](C(C)C)C1. The average molecular weight is 299 g/mol. The van der Waals surface area contributed by atoms with E-state index in [4.69, 9.17) is 4.74 Å². The van der Waals surface area contributed by atoms with Gasteiger partial charge in [0.1, 0.15) is 0 Å². The third kappa shape index (κ3) is 6.66. The summed E-state index contributed by atoms with van der Waals surface area (Å²) in [7, 11) is 0. The molecule has 0 amide bonds. The topological polar surface area (TPSA) is 24.5 Å². The van der Waals surface area contributed by atoms with Crippen LogP contribution < -0.4 is 5.32 Å². The monoisotopic (exact) mass is 298 g/mol. The van der Waals surface area contributed by atoms with Gasteiger partial charge in [-0.15, -0.1) is 0 Å². The lowest BCUT2D eigenvalue weighted by molar-refractivity contribution is -0.0993. The summed E-state index contributed by atoms with van der Waals surface area (Å²) in [5.74, 6) is 1.23. The van der Waals surface area contributed by atoms with Crippen molar-refractivity contribution in [2.75, 3.05) is 26.2 Å². The molecule has 0 radical (unpaired) electrons. The molecule has 1 rings (SSSR count). The van der Waals surface area contributed by atoms with E-state index >= 15 is 0 Å². The quantitative estimate of drug-likeness (QED) is 0.659. The van der Waals surface area contributed by atoms with Crippen LogP contribution in [-0.2, 0) is 4.74 Å². The highest BCUT2D eigenvalue weighted by Gasteiger charge is 2.32. The fourth-order valence-corrected chi connectivity index (χ4v) is 3.17. The second kappa shape index (κ2) is 9.81. The molecule has 1 aliphatic heterocycles. The van der Waals surface area contributed by atoms with E-state index in [0.717, 1.165) is 6.54 Å². The van der Waals surface area contributed by atoms with Crippen LogP contribution in [0.25, 0.3) is 0 Å². The van der Waals surface area contributed by atoms with Crippen molar-refractivity contribution in [3.05, 3.63) is 0 Å². The summed E-state index contributed by atoms with van der Waals surface area (Å²) >= 11 is 0. The molecule has 1 N–H and O–H groups in total. The predicted octanol–water partition coefficient (Wildman–Crippen LogP) is 3.54. The third-order valence-electron chi connectivity index (χ3n) is 4.85. The number of rotatable bonds is 9. The van der Waals surface area contributed by atoms with Gasteiger partial charge >= 0.3 is 0 Å². The third-order valence-corrected chi connectivity index (χ3v) is 4.85. The van der Waals surface area contributed by atoms with E-state index in [2.05, 4.69) is 51.8 Å². The molecule has 21 heavy (non-hydrogen) atoms. The lowest BCUT2D eigenvalue weighted by Crippen LogP contribution is -2.46. The minimum atomic E-state index is 0.423. The summed E-state index contributed by atoms with van der Waals surface area (Å²) in [6, 6.07) is 0.634. The highest BCUT2D eigenvalue weighted by molar-refractivity contribution is 4.84. The lowest BCUT2D eigenvalue weighted by atomic mass is 9.88. The number of nitrogens with one attached hydrogen (secondary N) is 1. The van der Waals surface area contributed by atoms with Crippen LogP contribution in [0.2, 0.25) is 0 Å². The second-order valence-electron chi connectivity index (χ2n) is 7.20. The van der Waals surface area contributed by atoms with Crippen LogP contribution in [0.1, 0.15) is 60.8 Å². The van der Waals surface area contributed by atoms with E-state index in [-0.39, 0.29) is 0 Å². The number of nitrogens with zero attached hydrogens (tertiary/aromatic N) is 1. The van der Waals surface area contributed by atoms with Crippen LogP contribution in [0.4, 0.5) is 0 Å². The van der Waals surface area contributed by atoms with Crippen LogP contribution >= 0.6 is 0 Å². The van der Waals surface area contributed by atoms with Gasteiger partial charge in [0.05, 0.1) is 12.2 Å². The molecule has 0 aliphatic carbocycles. The van der Waals surface area contributed by atoms with E-state index < -0.39 is 0 Å². The molecule has 3 heteroatoms. The van der Waals surface area contributed by atoms with Gasteiger partial charge in [-0.2, -0.15) is 0 Å². The number of hydrogen-bond acceptors (Lipinski definition) is 3. The minimum Gasteiger partial charge on any atom is -0.374 e. The van der Waals surface area contributed by atoms with Gasteiger partial charge in [0, 0.05) is 6.04 Å². The molecule has 0 bridgehead atoms. The Balaban J connectivity index is 2.35. The second-order valence-corrected chi connectivity index (χ2v) is 7.20. The summed E-state index contributed by atoms with van der Waals surface area (Å²) in [6.07, 6.45) is 4.44. The Morgan fingerprint density at radius 2 is 1.52 bits per heavy atom. The first-order valence-electron chi connectivity index (χ1n) is 9.09. The molecule has 1 saturated heterocycles. The summed E-state index contributed by atoms with van der Waals surface area (Å²) in [5.41, 5.74) is 0. The Morgan fingerprint density at radius 3 is 1.95 bits per heavy atom. The van der Waals surface area contributed by atoms with Gasteiger partial charge in [0.15, 0.2) is 0 Å². The smallest absolute Gasteiger partial charge is 0.0616 e. The molecule has 0 aromatic carbocycles. The highest BCUT2D eigenvalue weighted by atomic mass is 16.5. The molecule has 0 aromatic rings. The van der Waals surface area contributed by atoms with Crippen molar-refractivity contribution in [1.29, 1.82) is 0 Å². The maximum absolute atomic E-state index is 6.27. The molecule has 126 valence electrons. The van der Waals surface area contributed by atoms with E-state index in [1.165, 1.54) is 38.9 Å². The van der Waals surface area contributed by atoms with Gasteiger partial charge in [0.2, 0.25) is 0 Å². The largest absolute Gasteiger partial charge is 0.374 e. The van der Waals surface area contributed by atoms with Crippen LogP contribution in [0, 0.1) is 11.8 Å². The molecule has 0 spiro atoms. The van der Waals surface area contributed by atoms with Crippen LogP contribution in [0.5, 0.6) is 0 Å². The summed E-state index contributed by atoms with van der Waals surface area (Å²) in [4.78, 5) is 2.50. The fraction of sp³-hybridized carbons (Fsp3) is 1.00. The molecule has 0 aromatic heterocycles. The van der Waals surface area contributed by atoms with Crippen molar-refractivity contribution in [3.8, 4) is 0 Å². The first-order chi connectivity index (χ1) is 9.97. The van der Waals surface area contributed by atoms with Crippen molar-refractivity contribution in [1.82, 2.24) is 10.2 Å². The summed E-state index contributed by atoms with van der Waals surface area (Å²) < 4.78 is 6.27. The predicted molar refractivity (Wildman–Crippen MR) is 91.8 cm³/mol. The molecule has 1 heterocycles. The zero-order valence-corrected chi connectivity index (χ0v) is 15.2. The molecule has 0 saturated carbocycles. The van der Waals surface area contributed by atoms with E-state index in [0.29, 0.717) is 30.1 Å². The lowest BCUT2D eigenvalue weighted by Gasteiger charge is -2.39. The Morgan fingerprint density at radius 1 is 1.00 bits per heavy atom. The average Bonchev–Trinajstić information content (AvgIpc) is 2.47. The van der Waals surface area contributed by atoms with Crippen molar-refractivity contribution >= 4 is 0 Å². The molecule has 3 nitrogen and oxygen atoms in total. The van der Waals surface area contributed by atoms with Gasteiger partial charge in [-0.3, -0.25) is 0 Å². The molecular weight excluding hydrogens is 260 g/mol. The maximum Gasteiger partial charge on any atom is 0.0616 e. The Bertz CT molecular complexity index is 248. The Labute approximate surface area is 132 Å². The van der Waals surface area contributed by atoms with Crippen molar-refractivity contribution in [3.63, 3.8) is 0 Å². The molecule has 1 unspecified atom stereocenters. The molecule has 1 aliphatic rings. The van der Waals surface area contributed by atoms with Gasteiger partial charge in [-0.25, -0.2) is 0 Å². The first kappa shape index (κ1) is 18.9. The zero-order chi connectivity index (χ0) is 15.8. The Hall–Kier alpha value is -0.120. The summed E-state index contributed by atoms with van der Waals surface area (Å²) in [6.45, 7) is 18.3. The fourth-order valence-electron chi connectivity index (χ4n) is 3.17. The minimum absolute atomic E-state index is 0.423. The highest BCUT2D eigenvalue weighted by Crippen LogP contribution is 2.28. The van der Waals surface area contributed by atoms with Crippen molar-refractivity contribution in [2.24, 2.45) is 11.8 Å². The van der Waals surface area contributed by atoms with Crippen LogP contribution in [-0.4, -0.2) is 49.3 Å². The number of hydrogen-bond donors (Lipinski definition) is 1. The maximum atomic E-state index is 6.27. The van der Waals surface area contributed by atoms with Crippen molar-refractivity contribution < 1.29 is 4.74 Å². The number of ether oxygens (including phenoxy) is 1. The normalized spacial score (nSPS) is 27.0. The molecular formula is C18H38N2O. The van der Waals surface area contributed by atoms with E-state index in [1.807, 2.05) is 0 Å². The first-order valence-corrected chi connectivity index (χ1v) is 9.09. The summed E-state index contributed by atoms with van der Waals surface area (Å²) in [5, 5.41) is 3.79. The standard InChI is InChI=1S/C18H38N2O/c1-7-20(8-2)11-9-10-19-16-12-17(14(3)4)21-18(13-16)15(5)6/h14-19H,7-13H2,1-6H3/t16?,17-,18+. The van der Waals surface area contributed by atoms with Crippen LogP contribution in [0.15, 0.2) is 0 Å². The van der Waals surface area contributed by atoms with Gasteiger partial charge in [-0.1, -0.05) is 41.5 Å².